The van der Waals surface area contributed by atoms with E-state index in [2.05, 4.69) is 10.1 Å². The first-order valence-corrected chi connectivity index (χ1v) is 6.79. The number of nitrogens with zero attached hydrogens (tertiary/aromatic N) is 2. The summed E-state index contributed by atoms with van der Waals surface area (Å²) < 4.78 is 10.9. The average molecular weight is 276 g/mol. The Morgan fingerprint density at radius 1 is 1.30 bits per heavy atom. The molecule has 5 nitrogen and oxygen atoms in total. The summed E-state index contributed by atoms with van der Waals surface area (Å²) in [6.45, 7) is 4.08. The molecular weight excluding hydrogens is 256 g/mol. The van der Waals surface area contributed by atoms with Gasteiger partial charge in [-0.2, -0.15) is 4.98 Å². The summed E-state index contributed by atoms with van der Waals surface area (Å²) in [6.07, 6.45) is 2.06. The molecule has 0 bridgehead atoms. The summed E-state index contributed by atoms with van der Waals surface area (Å²) >= 11 is 0. The van der Waals surface area contributed by atoms with Gasteiger partial charge in [0.1, 0.15) is 11.4 Å². The number of methoxy groups -OCH3 is 1. The minimum Gasteiger partial charge on any atom is -0.508 e. The smallest absolute Gasteiger partial charge is 0.231 e. The van der Waals surface area contributed by atoms with Crippen molar-refractivity contribution in [1.29, 1.82) is 0 Å². The second-order valence-corrected chi connectivity index (χ2v) is 4.76. The fraction of sp³-hybridized carbons (Fsp3) is 0.467. The number of aromatic nitrogens is 2. The van der Waals surface area contributed by atoms with Gasteiger partial charge in [0, 0.05) is 7.11 Å². The molecule has 0 amide bonds. The van der Waals surface area contributed by atoms with Crippen molar-refractivity contribution in [3.8, 4) is 5.75 Å². The van der Waals surface area contributed by atoms with Gasteiger partial charge in [-0.15, -0.1) is 0 Å². The van der Waals surface area contributed by atoms with Crippen LogP contribution in [-0.2, 0) is 16.8 Å². The van der Waals surface area contributed by atoms with Gasteiger partial charge in [-0.1, -0.05) is 31.1 Å². The Morgan fingerprint density at radius 2 is 2.05 bits per heavy atom. The van der Waals surface area contributed by atoms with Crippen LogP contribution in [0.1, 0.15) is 44.0 Å². The van der Waals surface area contributed by atoms with Crippen molar-refractivity contribution in [3.63, 3.8) is 0 Å². The number of phenols is 1. The number of hydrogen-bond donors (Lipinski definition) is 1. The van der Waals surface area contributed by atoms with Gasteiger partial charge >= 0.3 is 0 Å². The minimum absolute atomic E-state index is 0.232. The van der Waals surface area contributed by atoms with Crippen LogP contribution in [0, 0.1) is 0 Å². The molecule has 0 aliphatic heterocycles. The lowest BCUT2D eigenvalue weighted by Crippen LogP contribution is -2.28. The molecule has 1 aromatic heterocycles. The maximum Gasteiger partial charge on any atom is 0.231 e. The summed E-state index contributed by atoms with van der Waals surface area (Å²) in [5, 5.41) is 13.5. The Morgan fingerprint density at radius 3 is 2.65 bits per heavy atom. The molecule has 1 N–H and O–H groups in total. The molecule has 1 heterocycles. The molecule has 0 spiro atoms. The molecule has 0 aliphatic rings. The van der Waals surface area contributed by atoms with Gasteiger partial charge in [-0.25, -0.2) is 0 Å². The van der Waals surface area contributed by atoms with Crippen molar-refractivity contribution < 1.29 is 14.4 Å². The van der Waals surface area contributed by atoms with E-state index in [1.807, 2.05) is 19.9 Å². The van der Waals surface area contributed by atoms with Crippen molar-refractivity contribution in [2.45, 2.75) is 38.7 Å². The van der Waals surface area contributed by atoms with Crippen LogP contribution in [0.5, 0.6) is 5.75 Å². The van der Waals surface area contributed by atoms with E-state index in [4.69, 9.17) is 9.26 Å². The number of rotatable bonds is 6. The van der Waals surface area contributed by atoms with Gasteiger partial charge in [0.25, 0.3) is 0 Å². The zero-order valence-electron chi connectivity index (χ0n) is 12.1. The van der Waals surface area contributed by atoms with Gasteiger partial charge in [-0.3, -0.25) is 0 Å². The highest BCUT2D eigenvalue weighted by atomic mass is 16.5. The number of benzene rings is 1. The topological polar surface area (TPSA) is 68.4 Å². The maximum absolute atomic E-state index is 9.45. The highest BCUT2D eigenvalue weighted by Gasteiger charge is 2.33. The number of phenolic OH excluding ortho intramolecular Hbond substituents is 1. The molecule has 1 aromatic carbocycles. The van der Waals surface area contributed by atoms with Crippen LogP contribution < -0.4 is 0 Å². The van der Waals surface area contributed by atoms with Gasteiger partial charge < -0.3 is 14.4 Å². The van der Waals surface area contributed by atoms with E-state index in [-0.39, 0.29) is 5.75 Å². The van der Waals surface area contributed by atoms with Crippen molar-refractivity contribution in [2.75, 3.05) is 7.11 Å². The van der Waals surface area contributed by atoms with Gasteiger partial charge in [0.05, 0.1) is 6.42 Å². The van der Waals surface area contributed by atoms with Crippen LogP contribution >= 0.6 is 0 Å². The van der Waals surface area contributed by atoms with Crippen molar-refractivity contribution in [1.82, 2.24) is 10.1 Å². The molecule has 108 valence electrons. The van der Waals surface area contributed by atoms with Crippen LogP contribution in [0.25, 0.3) is 0 Å². The number of aromatic hydroxyl groups is 1. The van der Waals surface area contributed by atoms with Crippen LogP contribution in [0.4, 0.5) is 0 Å². The summed E-state index contributed by atoms with van der Waals surface area (Å²) in [6, 6.07) is 7.02. The molecule has 0 atom stereocenters. The lowest BCUT2D eigenvalue weighted by molar-refractivity contribution is -0.0306. The van der Waals surface area contributed by atoms with Crippen molar-refractivity contribution >= 4 is 0 Å². The van der Waals surface area contributed by atoms with E-state index in [1.165, 1.54) is 0 Å². The molecule has 0 radical (unpaired) electrons. The summed E-state index contributed by atoms with van der Waals surface area (Å²) in [5.74, 6) is 1.34. The van der Waals surface area contributed by atoms with Gasteiger partial charge in [0.15, 0.2) is 0 Å². The predicted octanol–water partition coefficient (Wildman–Crippen LogP) is 3.03. The Balaban J connectivity index is 2.20. The fourth-order valence-corrected chi connectivity index (χ4v) is 2.30. The van der Waals surface area contributed by atoms with E-state index in [0.29, 0.717) is 18.1 Å². The highest BCUT2D eigenvalue weighted by molar-refractivity contribution is 5.28. The van der Waals surface area contributed by atoms with Gasteiger partial charge in [-0.05, 0) is 30.5 Å². The van der Waals surface area contributed by atoms with Crippen LogP contribution in [0.2, 0.25) is 0 Å². The number of hydrogen-bond acceptors (Lipinski definition) is 5. The molecular formula is C15H20N2O3. The monoisotopic (exact) mass is 276 g/mol. The quantitative estimate of drug-likeness (QED) is 0.878. The van der Waals surface area contributed by atoms with Crippen LogP contribution in [0.3, 0.4) is 0 Å². The second-order valence-electron chi connectivity index (χ2n) is 4.76. The third-order valence-corrected chi connectivity index (χ3v) is 3.67. The first-order valence-electron chi connectivity index (χ1n) is 6.79. The number of ether oxygens (including phenoxy) is 1. The molecule has 20 heavy (non-hydrogen) atoms. The van der Waals surface area contributed by atoms with E-state index in [1.54, 1.807) is 25.3 Å². The first-order chi connectivity index (χ1) is 9.63. The van der Waals surface area contributed by atoms with E-state index in [9.17, 15) is 5.11 Å². The van der Waals surface area contributed by atoms with Crippen molar-refractivity contribution in [3.05, 3.63) is 41.5 Å². The zero-order chi connectivity index (χ0) is 14.6. The van der Waals surface area contributed by atoms with Crippen molar-refractivity contribution in [2.24, 2.45) is 0 Å². The molecule has 0 saturated carbocycles. The molecule has 2 aromatic rings. The van der Waals surface area contributed by atoms with Gasteiger partial charge in [0.2, 0.25) is 11.7 Å². The maximum atomic E-state index is 9.45. The summed E-state index contributed by atoms with van der Waals surface area (Å²) in [4.78, 5) is 4.44. The third-order valence-electron chi connectivity index (χ3n) is 3.67. The third kappa shape index (κ3) is 2.82. The molecule has 0 fully saturated rings. The zero-order valence-corrected chi connectivity index (χ0v) is 12.1. The Hall–Kier alpha value is -1.88. The predicted molar refractivity (Wildman–Crippen MR) is 74.5 cm³/mol. The summed E-state index contributed by atoms with van der Waals surface area (Å²) in [5.41, 5.74) is 0.442. The lowest BCUT2D eigenvalue weighted by Gasteiger charge is -2.25. The molecule has 5 heteroatoms. The van der Waals surface area contributed by atoms with Crippen LogP contribution in [-0.4, -0.2) is 22.4 Å². The highest BCUT2D eigenvalue weighted by Crippen LogP contribution is 2.30. The SMILES string of the molecule is CCC(CC)(OC)c1noc(Cc2cccc(O)c2)n1. The van der Waals surface area contributed by atoms with Crippen LogP contribution in [0.15, 0.2) is 28.8 Å². The summed E-state index contributed by atoms with van der Waals surface area (Å²) in [7, 11) is 1.66. The Labute approximate surface area is 118 Å². The lowest BCUT2D eigenvalue weighted by atomic mass is 9.96. The Bertz CT molecular complexity index is 553. The molecule has 2 rings (SSSR count). The second kappa shape index (κ2) is 6.05. The largest absolute Gasteiger partial charge is 0.508 e. The molecule has 0 saturated heterocycles. The van der Waals surface area contributed by atoms with E-state index in [0.717, 1.165) is 18.4 Å². The van der Waals surface area contributed by atoms with E-state index >= 15 is 0 Å². The average Bonchev–Trinajstić information content (AvgIpc) is 2.90. The molecule has 0 aliphatic carbocycles. The molecule has 0 unspecified atom stereocenters. The normalized spacial score (nSPS) is 11.8. The van der Waals surface area contributed by atoms with E-state index < -0.39 is 5.60 Å². The standard InChI is InChI=1S/C15H20N2O3/c1-4-15(5-2,19-3)14-16-13(20-17-14)10-11-7-6-8-12(18)9-11/h6-9,18H,4-5,10H2,1-3H3. The Kier molecular flexibility index (Phi) is 4.39. The fourth-order valence-electron chi connectivity index (χ4n) is 2.30. The first kappa shape index (κ1) is 14.5. The minimum atomic E-state index is -0.486.